The molecule has 166 valence electrons. The van der Waals surface area contributed by atoms with Gasteiger partial charge in [0.2, 0.25) is 0 Å². The summed E-state index contributed by atoms with van der Waals surface area (Å²) in [5.74, 6) is 0.944. The van der Waals surface area contributed by atoms with E-state index in [1.807, 2.05) is 24.3 Å². The Morgan fingerprint density at radius 2 is 1.84 bits per heavy atom. The van der Waals surface area contributed by atoms with Crippen LogP contribution in [-0.2, 0) is 4.79 Å². The molecule has 1 aliphatic rings. The lowest BCUT2D eigenvalue weighted by molar-refractivity contribution is -0.118. The molecule has 4 rings (SSSR count). The highest BCUT2D eigenvalue weighted by atomic mass is 35.5. The number of hydrogen-bond acceptors (Lipinski definition) is 6. The van der Waals surface area contributed by atoms with E-state index in [9.17, 15) is 9.90 Å². The average molecular weight is 470 g/mol. The van der Waals surface area contributed by atoms with Crippen LogP contribution in [0.15, 0.2) is 58.8 Å². The molecule has 9 heteroatoms. The minimum Gasteiger partial charge on any atom is -0.508 e. The predicted octanol–water partition coefficient (Wildman–Crippen LogP) is 5.05. The summed E-state index contributed by atoms with van der Waals surface area (Å²) in [7, 11) is 0. The Balaban J connectivity index is 1.44. The van der Waals surface area contributed by atoms with E-state index >= 15 is 0 Å². The number of benzene rings is 2. The Morgan fingerprint density at radius 1 is 1.12 bits per heavy atom. The second-order valence-electron chi connectivity index (χ2n) is 7.65. The van der Waals surface area contributed by atoms with Crippen LogP contribution in [-0.4, -0.2) is 37.7 Å². The lowest BCUT2D eigenvalue weighted by Gasteiger charge is -2.25. The predicted molar refractivity (Wildman–Crippen MR) is 127 cm³/mol. The molecule has 0 aliphatic heterocycles. The van der Waals surface area contributed by atoms with Gasteiger partial charge in [-0.15, -0.1) is 10.2 Å². The van der Waals surface area contributed by atoms with E-state index in [0.29, 0.717) is 11.1 Å². The first-order chi connectivity index (χ1) is 15.6. The first kappa shape index (κ1) is 22.4. The van der Waals surface area contributed by atoms with E-state index in [1.165, 1.54) is 37.2 Å². The molecule has 0 atom stereocenters. The highest BCUT2D eigenvalue weighted by molar-refractivity contribution is 7.99. The minimum absolute atomic E-state index is 0.179. The van der Waals surface area contributed by atoms with Crippen LogP contribution in [0.3, 0.4) is 0 Å². The van der Waals surface area contributed by atoms with Crippen LogP contribution in [0.2, 0.25) is 5.02 Å². The number of aromatic hydroxyl groups is 1. The molecule has 2 aromatic carbocycles. The van der Waals surface area contributed by atoms with E-state index < -0.39 is 0 Å². The van der Waals surface area contributed by atoms with Crippen LogP contribution >= 0.6 is 23.4 Å². The first-order valence-electron chi connectivity index (χ1n) is 10.5. The van der Waals surface area contributed by atoms with Crippen LogP contribution in [0, 0.1) is 0 Å². The molecule has 1 saturated carbocycles. The number of rotatable bonds is 7. The van der Waals surface area contributed by atoms with Crippen molar-refractivity contribution in [2.75, 3.05) is 5.75 Å². The molecule has 1 heterocycles. The highest BCUT2D eigenvalue weighted by Crippen LogP contribution is 2.35. The number of thioether (sulfide) groups is 1. The van der Waals surface area contributed by atoms with Gasteiger partial charge in [0, 0.05) is 16.6 Å². The van der Waals surface area contributed by atoms with Gasteiger partial charge in [-0.3, -0.25) is 9.36 Å². The molecule has 1 aliphatic carbocycles. The maximum atomic E-state index is 12.3. The van der Waals surface area contributed by atoms with Crippen molar-refractivity contribution in [3.63, 3.8) is 0 Å². The number of hydrogen-bond donors (Lipinski definition) is 2. The van der Waals surface area contributed by atoms with Gasteiger partial charge in [-0.2, -0.15) is 5.10 Å². The number of hydrazone groups is 1. The van der Waals surface area contributed by atoms with Crippen molar-refractivity contribution >= 4 is 35.5 Å². The fourth-order valence-corrected chi connectivity index (χ4v) is 4.67. The standard InChI is InChI=1S/C23H24ClN5O2S/c24-18-10-8-17(9-11-18)22-27-28-23(29(22)19-4-2-1-3-5-19)32-15-21(31)26-25-14-16-6-12-20(30)13-7-16/h6-14,19,30H,1-5,15H2,(H,26,31). The number of carbonyl (C=O) groups is 1. The molecule has 2 N–H and O–H groups in total. The fourth-order valence-electron chi connectivity index (χ4n) is 3.74. The van der Waals surface area contributed by atoms with Gasteiger partial charge >= 0.3 is 0 Å². The summed E-state index contributed by atoms with van der Waals surface area (Å²) in [5, 5.41) is 23.6. The van der Waals surface area contributed by atoms with Crippen LogP contribution in [0.1, 0.15) is 43.7 Å². The summed E-state index contributed by atoms with van der Waals surface area (Å²) < 4.78 is 2.18. The van der Waals surface area contributed by atoms with Crippen molar-refractivity contribution in [2.24, 2.45) is 5.10 Å². The zero-order valence-corrected chi connectivity index (χ0v) is 19.0. The van der Waals surface area contributed by atoms with Crippen LogP contribution in [0.4, 0.5) is 0 Å². The third-order valence-corrected chi connectivity index (χ3v) is 6.53. The van der Waals surface area contributed by atoms with Gasteiger partial charge in [0.05, 0.1) is 12.0 Å². The van der Waals surface area contributed by atoms with Crippen molar-refractivity contribution in [1.82, 2.24) is 20.2 Å². The minimum atomic E-state index is -0.226. The van der Waals surface area contributed by atoms with Gasteiger partial charge in [0.15, 0.2) is 11.0 Å². The zero-order chi connectivity index (χ0) is 22.3. The molecule has 0 radical (unpaired) electrons. The third kappa shape index (κ3) is 5.69. The van der Waals surface area contributed by atoms with E-state index in [0.717, 1.165) is 34.9 Å². The monoisotopic (exact) mass is 469 g/mol. The second kappa shape index (κ2) is 10.7. The van der Waals surface area contributed by atoms with Gasteiger partial charge in [-0.1, -0.05) is 42.6 Å². The number of phenols is 1. The summed E-state index contributed by atoms with van der Waals surface area (Å²) >= 11 is 7.41. The van der Waals surface area contributed by atoms with Crippen molar-refractivity contribution in [3.05, 3.63) is 59.1 Å². The number of phenolic OH excluding ortho intramolecular Hbond substituents is 1. The normalized spacial score (nSPS) is 14.7. The van der Waals surface area contributed by atoms with Gasteiger partial charge in [-0.25, -0.2) is 5.43 Å². The Bertz CT molecular complexity index is 1080. The molecule has 7 nitrogen and oxygen atoms in total. The summed E-state index contributed by atoms with van der Waals surface area (Å²) in [4.78, 5) is 12.3. The summed E-state index contributed by atoms with van der Waals surface area (Å²) in [6, 6.07) is 14.5. The number of nitrogens with one attached hydrogen (secondary N) is 1. The lowest BCUT2D eigenvalue weighted by atomic mass is 9.95. The van der Waals surface area contributed by atoms with E-state index in [-0.39, 0.29) is 17.4 Å². The van der Waals surface area contributed by atoms with Crippen LogP contribution < -0.4 is 5.43 Å². The Hall–Kier alpha value is -2.84. The first-order valence-corrected chi connectivity index (χ1v) is 11.9. The van der Waals surface area contributed by atoms with Crippen molar-refractivity contribution in [3.8, 4) is 17.1 Å². The largest absolute Gasteiger partial charge is 0.508 e. The molecule has 0 saturated heterocycles. The molecule has 1 amide bonds. The molecular formula is C23H24ClN5O2S. The molecule has 0 bridgehead atoms. The van der Waals surface area contributed by atoms with Gasteiger partial charge in [0.1, 0.15) is 5.75 Å². The Morgan fingerprint density at radius 3 is 2.56 bits per heavy atom. The van der Waals surface area contributed by atoms with Gasteiger partial charge < -0.3 is 5.11 Å². The van der Waals surface area contributed by atoms with E-state index in [4.69, 9.17) is 11.6 Å². The molecule has 0 spiro atoms. The smallest absolute Gasteiger partial charge is 0.250 e. The summed E-state index contributed by atoms with van der Waals surface area (Å²) in [6.07, 6.45) is 7.30. The molecule has 1 aromatic heterocycles. The SMILES string of the molecule is O=C(CSc1nnc(-c2ccc(Cl)cc2)n1C1CCCCC1)NN=Cc1ccc(O)cc1. The number of aromatic nitrogens is 3. The Labute approximate surface area is 195 Å². The molecule has 0 unspecified atom stereocenters. The van der Waals surface area contributed by atoms with Crippen molar-refractivity contribution < 1.29 is 9.90 Å². The zero-order valence-electron chi connectivity index (χ0n) is 17.4. The number of carbonyl (C=O) groups excluding carboxylic acids is 1. The van der Waals surface area contributed by atoms with E-state index in [2.05, 4.69) is 25.3 Å². The second-order valence-corrected chi connectivity index (χ2v) is 9.03. The maximum absolute atomic E-state index is 12.3. The quantitative estimate of drug-likeness (QED) is 0.287. The number of amides is 1. The summed E-state index contributed by atoms with van der Waals surface area (Å²) in [5.41, 5.74) is 4.27. The molecule has 32 heavy (non-hydrogen) atoms. The lowest BCUT2D eigenvalue weighted by Crippen LogP contribution is -2.20. The van der Waals surface area contributed by atoms with Gasteiger partial charge in [-0.05, 0) is 66.9 Å². The molecular weight excluding hydrogens is 446 g/mol. The van der Waals surface area contributed by atoms with Gasteiger partial charge in [0.25, 0.3) is 5.91 Å². The van der Waals surface area contributed by atoms with Crippen molar-refractivity contribution in [1.29, 1.82) is 0 Å². The maximum Gasteiger partial charge on any atom is 0.250 e. The van der Waals surface area contributed by atoms with E-state index in [1.54, 1.807) is 24.3 Å². The van der Waals surface area contributed by atoms with Crippen LogP contribution in [0.25, 0.3) is 11.4 Å². The van der Waals surface area contributed by atoms with Crippen molar-refractivity contribution in [2.45, 2.75) is 43.3 Å². The fraction of sp³-hybridized carbons (Fsp3) is 0.304. The molecule has 3 aromatic rings. The highest BCUT2D eigenvalue weighted by Gasteiger charge is 2.24. The summed E-state index contributed by atoms with van der Waals surface area (Å²) in [6.45, 7) is 0. The topological polar surface area (TPSA) is 92.4 Å². The molecule has 1 fully saturated rings. The Kier molecular flexibility index (Phi) is 7.44. The number of halogens is 1. The third-order valence-electron chi connectivity index (χ3n) is 5.34. The average Bonchev–Trinajstić information content (AvgIpc) is 3.24. The van der Waals surface area contributed by atoms with Crippen LogP contribution in [0.5, 0.6) is 5.75 Å². The number of nitrogens with zero attached hydrogens (tertiary/aromatic N) is 4.